The Balaban J connectivity index is 2.08. The van der Waals surface area contributed by atoms with Gasteiger partial charge < -0.3 is 14.1 Å². The quantitative estimate of drug-likeness (QED) is 0.263. The molecule has 1 aromatic carbocycles. The third-order valence-electron chi connectivity index (χ3n) is 5.31. The van der Waals surface area contributed by atoms with Gasteiger partial charge >= 0.3 is 12.4 Å². The molecule has 0 N–H and O–H groups in total. The maximum Gasteiger partial charge on any atom is 0.432 e. The second kappa shape index (κ2) is 10.4. The molecule has 198 valence electrons. The number of halogens is 6. The van der Waals surface area contributed by atoms with Crippen LogP contribution in [0.15, 0.2) is 34.5 Å². The standard InChI is InChI=1S/C23H25F6N3O3S/c1-13(22(24,25)26)31-35-17-8-7-14(23(27,28)29)10-16(17)19(33)30-20-32(11-15-6-5-9-34-15)12-18(36-20)21(2,3)4/h7-8,10,12,15H,5-6,9,11H2,1-4H3/b30-20-,31-13+/t15-/m1/s1. The maximum atomic E-state index is 13.3. The first-order valence-corrected chi connectivity index (χ1v) is 11.8. The molecular weight excluding hydrogens is 512 g/mol. The largest absolute Gasteiger partial charge is 0.432 e. The van der Waals surface area contributed by atoms with Gasteiger partial charge in [0.1, 0.15) is 0 Å². The van der Waals surface area contributed by atoms with E-state index in [2.05, 4.69) is 10.1 Å². The minimum Gasteiger partial charge on any atom is -0.376 e. The number of carbonyl (C=O) groups is 1. The lowest BCUT2D eigenvalue weighted by Crippen LogP contribution is -2.23. The molecule has 0 unspecified atom stereocenters. The number of nitrogens with zero attached hydrogens (tertiary/aromatic N) is 3. The molecule has 1 atom stereocenters. The zero-order valence-corrected chi connectivity index (χ0v) is 20.8. The Bertz CT molecular complexity index is 1200. The number of oxime groups is 1. The second-order valence-corrected chi connectivity index (χ2v) is 10.3. The van der Waals surface area contributed by atoms with E-state index in [0.717, 1.165) is 23.8 Å². The van der Waals surface area contributed by atoms with Crippen molar-refractivity contribution in [1.29, 1.82) is 0 Å². The van der Waals surface area contributed by atoms with E-state index in [1.807, 2.05) is 27.0 Å². The van der Waals surface area contributed by atoms with Crippen molar-refractivity contribution < 1.29 is 40.7 Å². The van der Waals surface area contributed by atoms with Gasteiger partial charge in [-0.05, 0) is 43.4 Å². The molecule has 1 amide bonds. The summed E-state index contributed by atoms with van der Waals surface area (Å²) < 4.78 is 85.6. The van der Waals surface area contributed by atoms with Gasteiger partial charge in [-0.2, -0.15) is 31.3 Å². The van der Waals surface area contributed by atoms with Crippen molar-refractivity contribution in [3.8, 4) is 5.75 Å². The van der Waals surface area contributed by atoms with Gasteiger partial charge in [0.2, 0.25) is 0 Å². The van der Waals surface area contributed by atoms with Crippen LogP contribution in [0.25, 0.3) is 0 Å². The summed E-state index contributed by atoms with van der Waals surface area (Å²) >= 11 is 1.19. The predicted molar refractivity (Wildman–Crippen MR) is 121 cm³/mol. The summed E-state index contributed by atoms with van der Waals surface area (Å²) in [4.78, 5) is 23.0. The van der Waals surface area contributed by atoms with Gasteiger partial charge in [0.25, 0.3) is 5.91 Å². The third-order valence-corrected chi connectivity index (χ3v) is 6.76. The van der Waals surface area contributed by atoms with E-state index in [0.29, 0.717) is 32.2 Å². The number of ether oxygens (including phenoxy) is 1. The number of carbonyl (C=O) groups excluding carboxylic acids is 1. The Morgan fingerprint density at radius 1 is 1.19 bits per heavy atom. The van der Waals surface area contributed by atoms with Crippen LogP contribution < -0.4 is 9.64 Å². The van der Waals surface area contributed by atoms with Crippen molar-refractivity contribution >= 4 is 23.0 Å². The average molecular weight is 538 g/mol. The average Bonchev–Trinajstić information content (AvgIpc) is 3.41. The van der Waals surface area contributed by atoms with Gasteiger partial charge in [0, 0.05) is 17.7 Å². The highest BCUT2D eigenvalue weighted by molar-refractivity contribution is 7.09. The fourth-order valence-corrected chi connectivity index (χ4v) is 4.28. The molecule has 0 radical (unpaired) electrons. The van der Waals surface area contributed by atoms with Gasteiger partial charge in [-0.15, -0.1) is 11.3 Å². The van der Waals surface area contributed by atoms with E-state index < -0.39 is 40.8 Å². The first-order chi connectivity index (χ1) is 16.6. The molecule has 0 spiro atoms. The smallest absolute Gasteiger partial charge is 0.376 e. The van der Waals surface area contributed by atoms with Crippen LogP contribution in [-0.4, -0.2) is 35.1 Å². The summed E-state index contributed by atoms with van der Waals surface area (Å²) in [7, 11) is 0. The molecule has 0 saturated carbocycles. The van der Waals surface area contributed by atoms with Crippen molar-refractivity contribution in [3.63, 3.8) is 0 Å². The van der Waals surface area contributed by atoms with Crippen LogP contribution in [0, 0.1) is 0 Å². The van der Waals surface area contributed by atoms with Gasteiger partial charge in [0.15, 0.2) is 16.3 Å². The van der Waals surface area contributed by atoms with Crippen LogP contribution in [0.1, 0.15) is 61.3 Å². The Labute approximate surface area is 207 Å². The Morgan fingerprint density at radius 3 is 2.44 bits per heavy atom. The van der Waals surface area contributed by atoms with E-state index in [1.165, 1.54) is 11.3 Å². The van der Waals surface area contributed by atoms with Crippen molar-refractivity contribution in [2.75, 3.05) is 6.61 Å². The molecule has 1 saturated heterocycles. The molecule has 1 aromatic heterocycles. The predicted octanol–water partition coefficient (Wildman–Crippen LogP) is 6.10. The van der Waals surface area contributed by atoms with Crippen molar-refractivity contribution in [3.05, 3.63) is 45.2 Å². The summed E-state index contributed by atoms with van der Waals surface area (Å²) in [6.07, 6.45) is -6.21. The Kier molecular flexibility index (Phi) is 8.04. The van der Waals surface area contributed by atoms with Gasteiger partial charge in [-0.25, -0.2) is 0 Å². The SMILES string of the molecule is C/C(=N\Oc1ccc(C(F)(F)F)cc1C(=O)/N=c1\sc(C(C)(C)C)cn1C[C@H]1CCCO1)C(F)(F)F. The highest BCUT2D eigenvalue weighted by Crippen LogP contribution is 2.33. The number of benzene rings is 1. The highest BCUT2D eigenvalue weighted by atomic mass is 32.1. The molecule has 2 heterocycles. The topological polar surface area (TPSA) is 65.2 Å². The van der Waals surface area contributed by atoms with Crippen molar-refractivity contribution in [2.24, 2.45) is 10.1 Å². The molecule has 0 bridgehead atoms. The zero-order valence-electron chi connectivity index (χ0n) is 20.0. The lowest BCUT2D eigenvalue weighted by molar-refractivity contribution is -0.137. The Morgan fingerprint density at radius 2 is 1.89 bits per heavy atom. The van der Waals surface area contributed by atoms with E-state index in [-0.39, 0.29) is 16.3 Å². The molecule has 1 fully saturated rings. The summed E-state index contributed by atoms with van der Waals surface area (Å²) in [5, 5.41) is 2.93. The highest BCUT2D eigenvalue weighted by Gasteiger charge is 2.34. The molecular formula is C23H25F6N3O3S. The minimum atomic E-state index is -4.81. The monoisotopic (exact) mass is 537 g/mol. The summed E-state index contributed by atoms with van der Waals surface area (Å²) in [5.41, 5.74) is -3.52. The number of amides is 1. The lowest BCUT2D eigenvalue weighted by Gasteiger charge is -2.15. The van der Waals surface area contributed by atoms with Crippen molar-refractivity contribution in [1.82, 2.24) is 4.57 Å². The van der Waals surface area contributed by atoms with Gasteiger partial charge in [0.05, 0.1) is 23.8 Å². The van der Waals surface area contributed by atoms with Crippen LogP contribution in [0.4, 0.5) is 26.3 Å². The van der Waals surface area contributed by atoms with Crippen LogP contribution >= 0.6 is 11.3 Å². The fraction of sp³-hybridized carbons (Fsp3) is 0.522. The molecule has 2 aromatic rings. The normalized spacial score (nSPS) is 18.1. The van der Waals surface area contributed by atoms with Crippen LogP contribution in [0.5, 0.6) is 5.75 Å². The number of hydrogen-bond acceptors (Lipinski definition) is 5. The molecule has 36 heavy (non-hydrogen) atoms. The van der Waals surface area contributed by atoms with E-state index >= 15 is 0 Å². The van der Waals surface area contributed by atoms with E-state index in [9.17, 15) is 31.1 Å². The number of rotatable bonds is 5. The van der Waals surface area contributed by atoms with Crippen LogP contribution in [-0.2, 0) is 22.9 Å². The van der Waals surface area contributed by atoms with Crippen molar-refractivity contribution in [2.45, 2.75) is 71.0 Å². The van der Waals surface area contributed by atoms with E-state index in [4.69, 9.17) is 9.57 Å². The number of hydrogen-bond donors (Lipinski definition) is 0. The van der Waals surface area contributed by atoms with Crippen LogP contribution in [0.3, 0.4) is 0 Å². The molecule has 1 aliphatic rings. The number of aromatic nitrogens is 1. The summed E-state index contributed by atoms with van der Waals surface area (Å²) in [6.45, 7) is 7.50. The van der Waals surface area contributed by atoms with Gasteiger partial charge in [-0.1, -0.05) is 25.9 Å². The molecule has 0 aliphatic carbocycles. The minimum absolute atomic E-state index is 0.103. The maximum absolute atomic E-state index is 13.3. The van der Waals surface area contributed by atoms with Crippen LogP contribution in [0.2, 0.25) is 0 Å². The number of alkyl halides is 6. The number of thiazole rings is 1. The molecule has 6 nitrogen and oxygen atoms in total. The van der Waals surface area contributed by atoms with Gasteiger partial charge in [-0.3, -0.25) is 4.79 Å². The third kappa shape index (κ3) is 6.96. The summed E-state index contributed by atoms with van der Waals surface area (Å²) in [6, 6.07) is 1.82. The molecule has 3 rings (SSSR count). The first-order valence-electron chi connectivity index (χ1n) is 11.0. The first kappa shape index (κ1) is 27.9. The zero-order chi connectivity index (χ0) is 26.9. The molecule has 1 aliphatic heterocycles. The Hall–Kier alpha value is -2.67. The second-order valence-electron chi connectivity index (χ2n) is 9.31. The fourth-order valence-electron chi connectivity index (χ4n) is 3.22. The lowest BCUT2D eigenvalue weighted by atomic mass is 9.95. The molecule has 13 heteroatoms. The summed E-state index contributed by atoms with van der Waals surface area (Å²) in [5.74, 6) is -1.70. The van der Waals surface area contributed by atoms with E-state index in [1.54, 1.807) is 4.57 Å².